The van der Waals surface area contributed by atoms with Crippen LogP contribution in [0.2, 0.25) is 0 Å². The van der Waals surface area contributed by atoms with Crippen LogP contribution in [0.15, 0.2) is 0 Å². The van der Waals surface area contributed by atoms with Crippen molar-refractivity contribution in [3.8, 4) is 0 Å². The number of hydrogen-bond acceptors (Lipinski definition) is 5. The number of alkyl carbamates (subject to hydrolysis) is 1. The molecule has 7 heteroatoms. The van der Waals surface area contributed by atoms with Gasteiger partial charge in [0, 0.05) is 0 Å². The van der Waals surface area contributed by atoms with Crippen molar-refractivity contribution in [1.82, 2.24) is 5.32 Å². The molecule has 1 aliphatic rings. The lowest BCUT2D eigenvalue weighted by Crippen LogP contribution is -2.45. The SMILES string of the molecule is CC(C)(C)OC(=O)NC[C@]1(O)CCS(=O)(=O)C1. The first kappa shape index (κ1) is 14.2. The van der Waals surface area contributed by atoms with Crippen molar-refractivity contribution in [2.75, 3.05) is 18.1 Å². The van der Waals surface area contributed by atoms with Crippen molar-refractivity contribution in [2.45, 2.75) is 38.4 Å². The number of carbonyl (C=O) groups is 1. The first-order chi connectivity index (χ1) is 7.52. The summed E-state index contributed by atoms with van der Waals surface area (Å²) in [5.74, 6) is -0.352. The van der Waals surface area contributed by atoms with E-state index in [1.807, 2.05) is 0 Å². The average molecular weight is 265 g/mol. The molecule has 0 aromatic heterocycles. The van der Waals surface area contributed by atoms with E-state index in [0.717, 1.165) is 0 Å². The third-order valence-electron chi connectivity index (χ3n) is 2.33. The zero-order chi connectivity index (χ0) is 13.3. The summed E-state index contributed by atoms with van der Waals surface area (Å²) in [4.78, 5) is 11.3. The van der Waals surface area contributed by atoms with Gasteiger partial charge in [0.1, 0.15) is 5.60 Å². The van der Waals surface area contributed by atoms with E-state index in [1.165, 1.54) is 0 Å². The molecule has 0 aromatic rings. The van der Waals surface area contributed by atoms with Gasteiger partial charge in [0.2, 0.25) is 0 Å². The number of sulfone groups is 1. The lowest BCUT2D eigenvalue weighted by Gasteiger charge is -2.24. The molecule has 1 heterocycles. The molecule has 0 aliphatic carbocycles. The molecule has 2 N–H and O–H groups in total. The van der Waals surface area contributed by atoms with Gasteiger partial charge in [-0.25, -0.2) is 13.2 Å². The molecule has 1 aliphatic heterocycles. The maximum atomic E-state index is 11.3. The first-order valence-corrected chi connectivity index (χ1v) is 7.23. The summed E-state index contributed by atoms with van der Waals surface area (Å²) in [5.41, 5.74) is -1.98. The van der Waals surface area contributed by atoms with E-state index in [1.54, 1.807) is 20.8 Å². The van der Waals surface area contributed by atoms with Gasteiger partial charge in [0.25, 0.3) is 0 Å². The summed E-state index contributed by atoms with van der Waals surface area (Å²) < 4.78 is 27.4. The van der Waals surface area contributed by atoms with E-state index in [2.05, 4.69) is 5.32 Å². The molecule has 0 bridgehead atoms. The summed E-state index contributed by atoms with van der Waals surface area (Å²) in [6.07, 6.45) is -0.513. The van der Waals surface area contributed by atoms with Crippen LogP contribution in [-0.2, 0) is 14.6 Å². The Morgan fingerprint density at radius 2 is 2.06 bits per heavy atom. The van der Waals surface area contributed by atoms with Crippen molar-refractivity contribution in [3.05, 3.63) is 0 Å². The summed E-state index contributed by atoms with van der Waals surface area (Å²) in [7, 11) is -3.18. The minimum atomic E-state index is -3.18. The number of nitrogens with one attached hydrogen (secondary N) is 1. The predicted molar refractivity (Wildman–Crippen MR) is 62.5 cm³/mol. The van der Waals surface area contributed by atoms with Crippen LogP contribution in [0.25, 0.3) is 0 Å². The molecular formula is C10H19NO5S. The monoisotopic (exact) mass is 265 g/mol. The number of ether oxygens (including phenoxy) is 1. The van der Waals surface area contributed by atoms with Crippen LogP contribution in [-0.4, -0.2) is 48.9 Å². The Kier molecular flexibility index (Phi) is 3.73. The maximum absolute atomic E-state index is 11.3. The largest absolute Gasteiger partial charge is 0.444 e. The number of hydrogen-bond donors (Lipinski definition) is 2. The standard InChI is InChI=1S/C10H19NO5S/c1-9(2,3)16-8(12)11-6-10(13)4-5-17(14,15)7-10/h13H,4-7H2,1-3H3,(H,11,12)/t10-/m1/s1. The van der Waals surface area contributed by atoms with Crippen molar-refractivity contribution in [3.63, 3.8) is 0 Å². The third kappa shape index (κ3) is 4.91. The lowest BCUT2D eigenvalue weighted by molar-refractivity contribution is 0.0359. The highest BCUT2D eigenvalue weighted by Gasteiger charge is 2.40. The summed E-state index contributed by atoms with van der Waals surface area (Å²) in [6, 6.07) is 0. The Morgan fingerprint density at radius 1 is 1.47 bits per heavy atom. The lowest BCUT2D eigenvalue weighted by atomic mass is 10.0. The molecule has 0 radical (unpaired) electrons. The molecule has 1 amide bonds. The Bertz CT molecular complexity index is 397. The average Bonchev–Trinajstić information content (AvgIpc) is 2.36. The van der Waals surface area contributed by atoms with Gasteiger partial charge in [-0.15, -0.1) is 0 Å². The fourth-order valence-electron chi connectivity index (χ4n) is 1.59. The van der Waals surface area contributed by atoms with Crippen molar-refractivity contribution < 1.29 is 23.1 Å². The predicted octanol–water partition coefficient (Wildman–Crippen LogP) is 0.0607. The van der Waals surface area contributed by atoms with Crippen LogP contribution in [0, 0.1) is 0 Å². The minimum absolute atomic E-state index is 0.0422. The van der Waals surface area contributed by atoms with Crippen molar-refractivity contribution in [2.24, 2.45) is 0 Å². The van der Waals surface area contributed by atoms with Crippen LogP contribution < -0.4 is 5.32 Å². The first-order valence-electron chi connectivity index (χ1n) is 5.41. The highest BCUT2D eigenvalue weighted by Crippen LogP contribution is 2.22. The van der Waals surface area contributed by atoms with Crippen LogP contribution in [0.4, 0.5) is 4.79 Å². The molecule has 0 aromatic carbocycles. The quantitative estimate of drug-likeness (QED) is 0.736. The Balaban J connectivity index is 2.44. The Labute approximate surface area is 101 Å². The molecule has 0 unspecified atom stereocenters. The molecule has 1 fully saturated rings. The molecule has 1 rings (SSSR count). The Hall–Kier alpha value is -0.820. The van der Waals surface area contributed by atoms with Crippen LogP contribution >= 0.6 is 0 Å². The van der Waals surface area contributed by atoms with E-state index >= 15 is 0 Å². The number of amides is 1. The highest BCUT2D eigenvalue weighted by molar-refractivity contribution is 7.91. The normalized spacial score (nSPS) is 27.8. The van der Waals surface area contributed by atoms with Crippen molar-refractivity contribution in [1.29, 1.82) is 0 Å². The molecule has 100 valence electrons. The second kappa shape index (κ2) is 4.45. The topological polar surface area (TPSA) is 92.7 Å². The van der Waals surface area contributed by atoms with Gasteiger partial charge >= 0.3 is 6.09 Å². The Morgan fingerprint density at radius 3 is 2.47 bits per heavy atom. The number of carbonyl (C=O) groups excluding carboxylic acids is 1. The molecule has 0 spiro atoms. The van der Waals surface area contributed by atoms with Gasteiger partial charge < -0.3 is 15.2 Å². The van der Waals surface area contributed by atoms with E-state index in [4.69, 9.17) is 4.74 Å². The van der Waals surface area contributed by atoms with Crippen molar-refractivity contribution >= 4 is 15.9 Å². The molecule has 1 saturated heterocycles. The van der Waals surface area contributed by atoms with Crippen LogP contribution in [0.3, 0.4) is 0 Å². The van der Waals surface area contributed by atoms with Crippen LogP contribution in [0.5, 0.6) is 0 Å². The van der Waals surface area contributed by atoms with E-state index in [0.29, 0.717) is 0 Å². The molecule has 17 heavy (non-hydrogen) atoms. The van der Waals surface area contributed by atoms with Gasteiger partial charge in [0.05, 0.1) is 23.7 Å². The number of rotatable bonds is 2. The van der Waals surface area contributed by atoms with E-state index in [9.17, 15) is 18.3 Å². The molecule has 1 atom stereocenters. The van der Waals surface area contributed by atoms with Gasteiger partial charge in [-0.05, 0) is 27.2 Å². The van der Waals surface area contributed by atoms with Gasteiger partial charge in [-0.2, -0.15) is 0 Å². The van der Waals surface area contributed by atoms with Gasteiger partial charge in [-0.1, -0.05) is 0 Å². The van der Waals surface area contributed by atoms with Gasteiger partial charge in [0.15, 0.2) is 9.84 Å². The molecular weight excluding hydrogens is 246 g/mol. The van der Waals surface area contributed by atoms with Gasteiger partial charge in [-0.3, -0.25) is 0 Å². The molecule has 0 saturated carbocycles. The second-order valence-electron chi connectivity index (χ2n) is 5.42. The zero-order valence-electron chi connectivity index (χ0n) is 10.3. The number of aliphatic hydroxyl groups is 1. The maximum Gasteiger partial charge on any atom is 0.407 e. The summed E-state index contributed by atoms with van der Waals surface area (Å²) >= 11 is 0. The van der Waals surface area contributed by atoms with E-state index in [-0.39, 0.29) is 24.5 Å². The molecule has 6 nitrogen and oxygen atoms in total. The third-order valence-corrected chi connectivity index (χ3v) is 4.13. The minimum Gasteiger partial charge on any atom is -0.444 e. The fraction of sp³-hybridized carbons (Fsp3) is 0.900. The summed E-state index contributed by atoms with van der Waals surface area (Å²) in [5, 5.41) is 12.3. The summed E-state index contributed by atoms with van der Waals surface area (Å²) in [6.45, 7) is 5.06. The highest BCUT2D eigenvalue weighted by atomic mass is 32.2. The second-order valence-corrected chi connectivity index (χ2v) is 7.61. The zero-order valence-corrected chi connectivity index (χ0v) is 11.1. The smallest absolute Gasteiger partial charge is 0.407 e. The fourth-order valence-corrected chi connectivity index (χ4v) is 3.49. The van der Waals surface area contributed by atoms with E-state index < -0.39 is 27.1 Å². The van der Waals surface area contributed by atoms with Crippen LogP contribution in [0.1, 0.15) is 27.2 Å².